The minimum Gasteiger partial charge on any atom is -0.451 e. The molecule has 0 aliphatic carbocycles. The molecule has 5 rings (SSSR count). The van der Waals surface area contributed by atoms with Gasteiger partial charge in [-0.3, -0.25) is 4.79 Å². The molecule has 2 N–H and O–H groups in total. The summed E-state index contributed by atoms with van der Waals surface area (Å²) < 4.78 is 11.3. The summed E-state index contributed by atoms with van der Waals surface area (Å²) in [6.07, 6.45) is 3.39. The number of furan rings is 1. The number of ether oxygens (including phenoxy) is 1. The SMILES string of the molecule is O=C(N[C@@H]1C[C@H]2CC[C@@H]1N2)c1ccc(-c2cccc(N3CCOCC3)c2)o1. The Morgan fingerprint density at radius 2 is 2.04 bits per heavy atom. The Morgan fingerprint density at radius 3 is 2.81 bits per heavy atom. The summed E-state index contributed by atoms with van der Waals surface area (Å²) in [7, 11) is 0. The van der Waals surface area contributed by atoms with Gasteiger partial charge in [0.25, 0.3) is 5.91 Å². The van der Waals surface area contributed by atoms with Crippen molar-refractivity contribution in [3.05, 3.63) is 42.2 Å². The van der Waals surface area contributed by atoms with Crippen LogP contribution in [0.1, 0.15) is 29.8 Å². The molecular formula is C21H25N3O3. The molecule has 6 heteroatoms. The van der Waals surface area contributed by atoms with E-state index in [4.69, 9.17) is 9.15 Å². The number of anilines is 1. The number of nitrogens with one attached hydrogen (secondary N) is 2. The van der Waals surface area contributed by atoms with Crippen LogP contribution < -0.4 is 15.5 Å². The van der Waals surface area contributed by atoms with Crippen molar-refractivity contribution in [3.8, 4) is 11.3 Å². The second-order valence-corrected chi connectivity index (χ2v) is 7.68. The first-order chi connectivity index (χ1) is 13.3. The highest BCUT2D eigenvalue weighted by Gasteiger charge is 2.39. The summed E-state index contributed by atoms with van der Waals surface area (Å²) in [5.41, 5.74) is 2.14. The fourth-order valence-corrected chi connectivity index (χ4v) is 4.52. The normalized spacial score (nSPS) is 27.1. The summed E-state index contributed by atoms with van der Waals surface area (Å²) >= 11 is 0. The average molecular weight is 367 g/mol. The van der Waals surface area contributed by atoms with E-state index in [1.807, 2.05) is 18.2 Å². The molecule has 3 saturated heterocycles. The number of carbonyl (C=O) groups is 1. The molecule has 142 valence electrons. The fraction of sp³-hybridized carbons (Fsp3) is 0.476. The smallest absolute Gasteiger partial charge is 0.287 e. The van der Waals surface area contributed by atoms with Crippen LogP contribution in [0.3, 0.4) is 0 Å². The number of morpholine rings is 1. The number of nitrogens with zero attached hydrogens (tertiary/aromatic N) is 1. The molecule has 1 aromatic heterocycles. The molecule has 3 aliphatic heterocycles. The lowest BCUT2D eigenvalue weighted by Crippen LogP contribution is -2.42. The van der Waals surface area contributed by atoms with Gasteiger partial charge in [-0.1, -0.05) is 12.1 Å². The van der Waals surface area contributed by atoms with Crippen molar-refractivity contribution in [3.63, 3.8) is 0 Å². The summed E-state index contributed by atoms with van der Waals surface area (Å²) in [4.78, 5) is 14.9. The Bertz CT molecular complexity index is 828. The van der Waals surface area contributed by atoms with Gasteiger partial charge < -0.3 is 24.7 Å². The molecule has 0 saturated carbocycles. The Labute approximate surface area is 158 Å². The number of hydrogen-bond donors (Lipinski definition) is 2. The van der Waals surface area contributed by atoms with E-state index < -0.39 is 0 Å². The van der Waals surface area contributed by atoms with E-state index in [0.29, 0.717) is 17.8 Å². The van der Waals surface area contributed by atoms with E-state index >= 15 is 0 Å². The lowest BCUT2D eigenvalue weighted by Gasteiger charge is -2.29. The molecule has 3 aliphatic rings. The van der Waals surface area contributed by atoms with E-state index in [1.54, 1.807) is 6.07 Å². The molecule has 1 aromatic carbocycles. The highest BCUT2D eigenvalue weighted by Crippen LogP contribution is 2.29. The van der Waals surface area contributed by atoms with Gasteiger partial charge in [-0.25, -0.2) is 0 Å². The van der Waals surface area contributed by atoms with Crippen LogP contribution in [-0.2, 0) is 4.74 Å². The van der Waals surface area contributed by atoms with E-state index in [2.05, 4.69) is 27.7 Å². The third kappa shape index (κ3) is 3.35. The maximum Gasteiger partial charge on any atom is 0.287 e. The van der Waals surface area contributed by atoms with Crippen molar-refractivity contribution in [2.24, 2.45) is 0 Å². The maximum atomic E-state index is 12.6. The first kappa shape index (κ1) is 16.8. The highest BCUT2D eigenvalue weighted by molar-refractivity contribution is 5.92. The molecule has 27 heavy (non-hydrogen) atoms. The Balaban J connectivity index is 1.29. The lowest BCUT2D eigenvalue weighted by atomic mass is 9.95. The topological polar surface area (TPSA) is 66.7 Å². The molecule has 0 unspecified atom stereocenters. The van der Waals surface area contributed by atoms with E-state index in [0.717, 1.165) is 56.2 Å². The van der Waals surface area contributed by atoms with Gasteiger partial charge in [0.05, 0.1) is 13.2 Å². The zero-order valence-corrected chi connectivity index (χ0v) is 15.3. The quantitative estimate of drug-likeness (QED) is 0.869. The predicted octanol–water partition coefficient (Wildman–Crippen LogP) is 2.41. The third-order valence-corrected chi connectivity index (χ3v) is 5.95. The van der Waals surface area contributed by atoms with Crippen LogP contribution in [0.25, 0.3) is 11.3 Å². The van der Waals surface area contributed by atoms with Crippen LogP contribution in [0.4, 0.5) is 5.69 Å². The van der Waals surface area contributed by atoms with Gasteiger partial charge in [0.15, 0.2) is 5.76 Å². The van der Waals surface area contributed by atoms with Gasteiger partial charge in [-0.2, -0.15) is 0 Å². The minimum absolute atomic E-state index is 0.120. The Kier molecular flexibility index (Phi) is 4.38. The summed E-state index contributed by atoms with van der Waals surface area (Å²) in [5.74, 6) is 0.982. The number of fused-ring (bicyclic) bond motifs is 2. The second kappa shape index (κ2) is 7.02. The average Bonchev–Trinajstić information content (AvgIpc) is 3.46. The Hall–Kier alpha value is -2.31. The van der Waals surface area contributed by atoms with Crippen LogP contribution >= 0.6 is 0 Å². The molecule has 4 heterocycles. The van der Waals surface area contributed by atoms with Crippen LogP contribution in [0.2, 0.25) is 0 Å². The lowest BCUT2D eigenvalue weighted by molar-refractivity contribution is 0.0903. The summed E-state index contributed by atoms with van der Waals surface area (Å²) in [6, 6.07) is 13.1. The Morgan fingerprint density at radius 1 is 1.15 bits per heavy atom. The fourth-order valence-electron chi connectivity index (χ4n) is 4.52. The van der Waals surface area contributed by atoms with Crippen LogP contribution in [0.15, 0.2) is 40.8 Å². The first-order valence-electron chi connectivity index (χ1n) is 9.86. The first-order valence-corrected chi connectivity index (χ1v) is 9.86. The number of benzene rings is 1. The van der Waals surface area contributed by atoms with Crippen LogP contribution in [-0.4, -0.2) is 50.3 Å². The summed E-state index contributed by atoms with van der Waals surface area (Å²) in [5, 5.41) is 6.68. The van der Waals surface area contributed by atoms with E-state index in [1.165, 1.54) is 6.42 Å². The molecule has 1 amide bonds. The maximum absolute atomic E-state index is 12.6. The van der Waals surface area contributed by atoms with E-state index in [-0.39, 0.29) is 11.9 Å². The molecule has 2 bridgehead atoms. The zero-order chi connectivity index (χ0) is 18.2. The van der Waals surface area contributed by atoms with Crippen LogP contribution in [0, 0.1) is 0 Å². The molecule has 0 radical (unpaired) electrons. The van der Waals surface area contributed by atoms with Crippen molar-refractivity contribution >= 4 is 11.6 Å². The molecule has 3 fully saturated rings. The van der Waals surface area contributed by atoms with Gasteiger partial charge in [-0.15, -0.1) is 0 Å². The molecule has 2 aromatic rings. The van der Waals surface area contributed by atoms with Crippen molar-refractivity contribution in [1.29, 1.82) is 0 Å². The molecule has 0 spiro atoms. The van der Waals surface area contributed by atoms with Gasteiger partial charge in [0.2, 0.25) is 0 Å². The van der Waals surface area contributed by atoms with Crippen molar-refractivity contribution in [2.45, 2.75) is 37.4 Å². The number of carbonyl (C=O) groups excluding carboxylic acids is 1. The molecule has 6 nitrogen and oxygen atoms in total. The van der Waals surface area contributed by atoms with Crippen LogP contribution in [0.5, 0.6) is 0 Å². The highest BCUT2D eigenvalue weighted by atomic mass is 16.5. The minimum atomic E-state index is -0.120. The molecular weight excluding hydrogens is 342 g/mol. The van der Waals surface area contributed by atoms with E-state index in [9.17, 15) is 4.79 Å². The van der Waals surface area contributed by atoms with Crippen molar-refractivity contribution in [1.82, 2.24) is 10.6 Å². The zero-order valence-electron chi connectivity index (χ0n) is 15.3. The number of hydrogen-bond acceptors (Lipinski definition) is 5. The van der Waals surface area contributed by atoms with Gasteiger partial charge >= 0.3 is 0 Å². The van der Waals surface area contributed by atoms with Gasteiger partial charge in [-0.05, 0) is 43.5 Å². The van der Waals surface area contributed by atoms with Gasteiger partial charge in [0, 0.05) is 42.5 Å². The molecule has 3 atom stereocenters. The second-order valence-electron chi connectivity index (χ2n) is 7.68. The predicted molar refractivity (Wildman–Crippen MR) is 103 cm³/mol. The van der Waals surface area contributed by atoms with Crippen molar-refractivity contribution in [2.75, 3.05) is 31.2 Å². The largest absolute Gasteiger partial charge is 0.451 e. The van der Waals surface area contributed by atoms with Gasteiger partial charge in [0.1, 0.15) is 5.76 Å². The number of rotatable bonds is 4. The standard InChI is InChI=1S/C21H25N3O3/c25-21(23-18-13-15-4-5-17(18)22-15)20-7-6-19(27-20)14-2-1-3-16(12-14)24-8-10-26-11-9-24/h1-3,6-7,12,15,17-18,22H,4-5,8-11,13H2,(H,23,25)/t15-,17+,18-/m1/s1. The summed E-state index contributed by atoms with van der Waals surface area (Å²) in [6.45, 7) is 3.31. The monoisotopic (exact) mass is 367 g/mol. The number of amides is 1. The third-order valence-electron chi connectivity index (χ3n) is 5.95. The van der Waals surface area contributed by atoms with Crippen molar-refractivity contribution < 1.29 is 13.9 Å².